The molecular weight excluding hydrogens is 335 g/mol. The zero-order valence-corrected chi connectivity index (χ0v) is 13.8. The maximum absolute atomic E-state index is 13.1. The van der Waals surface area contributed by atoms with Gasteiger partial charge in [0.2, 0.25) is 5.95 Å². The van der Waals surface area contributed by atoms with E-state index in [2.05, 4.69) is 25.7 Å². The van der Waals surface area contributed by atoms with Gasteiger partial charge in [-0.15, -0.1) is 0 Å². The summed E-state index contributed by atoms with van der Waals surface area (Å²) >= 11 is 0. The minimum atomic E-state index is -0.447. The number of carbonyl (C=O) groups is 1. The molecule has 26 heavy (non-hydrogen) atoms. The number of aromatic nitrogens is 4. The molecule has 0 aliphatic carbocycles. The Kier molecular flexibility index (Phi) is 3.92. The van der Waals surface area contributed by atoms with Crippen molar-refractivity contribution in [2.45, 2.75) is 13.0 Å². The second kappa shape index (κ2) is 6.40. The van der Waals surface area contributed by atoms with E-state index in [-0.39, 0.29) is 11.7 Å². The molecule has 1 aliphatic heterocycles. The molecule has 8 heteroatoms. The SMILES string of the molecule is CC1=C(C(=O)Nc2ccc(F)cc2)[C@H](c2ccncc2)n2ncnc2N1. The second-order valence-corrected chi connectivity index (χ2v) is 5.84. The number of hydrogen-bond donors (Lipinski definition) is 2. The molecule has 0 saturated carbocycles. The van der Waals surface area contributed by atoms with E-state index >= 15 is 0 Å². The summed E-state index contributed by atoms with van der Waals surface area (Å²) in [6, 6.07) is 8.85. The van der Waals surface area contributed by atoms with Crippen molar-refractivity contribution in [2.24, 2.45) is 0 Å². The fraction of sp³-hybridized carbons (Fsp3) is 0.111. The largest absolute Gasteiger partial charge is 0.328 e. The minimum absolute atomic E-state index is 0.301. The highest BCUT2D eigenvalue weighted by molar-refractivity contribution is 6.05. The molecule has 0 bridgehead atoms. The standard InChI is InChI=1S/C18H15FN6O/c1-11-15(17(26)24-14-4-2-13(19)3-5-14)16(12-6-8-20-9-7-12)25-18(23-11)21-10-22-25/h2-10,16H,1H3,(H,24,26)(H,21,22,23)/t16-/m0/s1. The Bertz CT molecular complexity index is 980. The lowest BCUT2D eigenvalue weighted by Crippen LogP contribution is -2.31. The van der Waals surface area contributed by atoms with E-state index in [0.29, 0.717) is 22.9 Å². The number of nitrogens with one attached hydrogen (secondary N) is 2. The number of rotatable bonds is 3. The fourth-order valence-corrected chi connectivity index (χ4v) is 2.97. The normalized spacial score (nSPS) is 16.0. The maximum atomic E-state index is 13.1. The van der Waals surface area contributed by atoms with Gasteiger partial charge >= 0.3 is 0 Å². The van der Waals surface area contributed by atoms with Crippen LogP contribution in [-0.4, -0.2) is 25.7 Å². The van der Waals surface area contributed by atoms with Crippen LogP contribution in [0.15, 0.2) is 66.4 Å². The third-order valence-electron chi connectivity index (χ3n) is 4.16. The lowest BCUT2D eigenvalue weighted by Gasteiger charge is -2.28. The van der Waals surface area contributed by atoms with E-state index < -0.39 is 6.04 Å². The van der Waals surface area contributed by atoms with Crippen LogP contribution in [0.25, 0.3) is 0 Å². The van der Waals surface area contributed by atoms with Crippen LogP contribution in [0.3, 0.4) is 0 Å². The van der Waals surface area contributed by atoms with Crippen molar-refractivity contribution in [3.8, 4) is 0 Å². The Morgan fingerprint density at radius 3 is 2.65 bits per heavy atom. The molecule has 2 aromatic heterocycles. The predicted octanol–water partition coefficient (Wildman–Crippen LogP) is 2.74. The number of carbonyl (C=O) groups excluding carboxylic acids is 1. The molecule has 2 N–H and O–H groups in total. The molecule has 0 fully saturated rings. The first-order valence-electron chi connectivity index (χ1n) is 7.97. The molecule has 130 valence electrons. The topological polar surface area (TPSA) is 84.7 Å². The molecule has 1 aromatic carbocycles. The highest BCUT2D eigenvalue weighted by Crippen LogP contribution is 2.34. The Morgan fingerprint density at radius 2 is 1.92 bits per heavy atom. The van der Waals surface area contributed by atoms with E-state index in [0.717, 1.165) is 5.56 Å². The molecule has 3 aromatic rings. The van der Waals surface area contributed by atoms with Gasteiger partial charge in [-0.1, -0.05) is 0 Å². The second-order valence-electron chi connectivity index (χ2n) is 5.84. The van der Waals surface area contributed by atoms with E-state index in [1.807, 2.05) is 19.1 Å². The van der Waals surface area contributed by atoms with Crippen LogP contribution in [0.4, 0.5) is 16.0 Å². The summed E-state index contributed by atoms with van der Waals surface area (Å²) in [7, 11) is 0. The van der Waals surface area contributed by atoms with Crippen molar-refractivity contribution in [2.75, 3.05) is 10.6 Å². The summed E-state index contributed by atoms with van der Waals surface area (Å²) in [6.07, 6.45) is 4.77. The van der Waals surface area contributed by atoms with Gasteiger partial charge in [-0.3, -0.25) is 9.78 Å². The molecule has 1 atom stereocenters. The lowest BCUT2D eigenvalue weighted by molar-refractivity contribution is -0.113. The monoisotopic (exact) mass is 350 g/mol. The van der Waals surface area contributed by atoms with Crippen molar-refractivity contribution in [1.29, 1.82) is 0 Å². The first-order chi connectivity index (χ1) is 12.6. The molecule has 1 amide bonds. The highest BCUT2D eigenvalue weighted by Gasteiger charge is 2.33. The van der Waals surface area contributed by atoms with Gasteiger partial charge in [-0.05, 0) is 48.9 Å². The van der Waals surface area contributed by atoms with E-state index in [9.17, 15) is 9.18 Å². The van der Waals surface area contributed by atoms with Gasteiger partial charge in [0, 0.05) is 23.8 Å². The van der Waals surface area contributed by atoms with Gasteiger partial charge in [0.25, 0.3) is 5.91 Å². The number of pyridine rings is 1. The Hall–Kier alpha value is -3.55. The van der Waals surface area contributed by atoms with Gasteiger partial charge in [-0.25, -0.2) is 9.07 Å². The first-order valence-corrected chi connectivity index (χ1v) is 7.97. The number of anilines is 2. The van der Waals surface area contributed by atoms with Crippen LogP contribution in [0.5, 0.6) is 0 Å². The lowest BCUT2D eigenvalue weighted by atomic mass is 9.96. The highest BCUT2D eigenvalue weighted by atomic mass is 19.1. The third-order valence-corrected chi connectivity index (χ3v) is 4.16. The molecule has 0 saturated heterocycles. The first kappa shape index (κ1) is 15.9. The molecule has 0 radical (unpaired) electrons. The van der Waals surface area contributed by atoms with Crippen LogP contribution in [0.2, 0.25) is 0 Å². The third kappa shape index (κ3) is 2.81. The quantitative estimate of drug-likeness (QED) is 0.759. The van der Waals surface area contributed by atoms with Crippen LogP contribution < -0.4 is 10.6 Å². The molecular formula is C18H15FN6O. The number of allylic oxidation sites excluding steroid dienone is 1. The molecule has 0 unspecified atom stereocenters. The molecule has 4 rings (SSSR count). The summed E-state index contributed by atoms with van der Waals surface area (Å²) < 4.78 is 14.8. The average Bonchev–Trinajstić information content (AvgIpc) is 3.11. The summed E-state index contributed by atoms with van der Waals surface area (Å²) in [6.45, 7) is 1.81. The number of benzene rings is 1. The van der Waals surface area contributed by atoms with Gasteiger partial charge in [0.05, 0.1) is 5.57 Å². The fourth-order valence-electron chi connectivity index (χ4n) is 2.97. The summed E-state index contributed by atoms with van der Waals surface area (Å²) in [5.41, 5.74) is 2.54. The van der Waals surface area contributed by atoms with Crippen molar-refractivity contribution in [3.63, 3.8) is 0 Å². The van der Waals surface area contributed by atoms with Crippen LogP contribution in [0.1, 0.15) is 18.5 Å². The van der Waals surface area contributed by atoms with Crippen LogP contribution in [-0.2, 0) is 4.79 Å². The Morgan fingerprint density at radius 1 is 1.19 bits per heavy atom. The van der Waals surface area contributed by atoms with Gasteiger partial charge in [-0.2, -0.15) is 10.1 Å². The van der Waals surface area contributed by atoms with E-state index in [1.54, 1.807) is 17.1 Å². The van der Waals surface area contributed by atoms with Gasteiger partial charge in [0.15, 0.2) is 0 Å². The molecule has 7 nitrogen and oxygen atoms in total. The average molecular weight is 350 g/mol. The Balaban J connectivity index is 1.74. The Labute approximate surface area is 148 Å². The van der Waals surface area contributed by atoms with Gasteiger partial charge < -0.3 is 10.6 Å². The number of halogens is 1. The molecule has 0 spiro atoms. The summed E-state index contributed by atoms with van der Waals surface area (Å²) in [5, 5.41) is 10.2. The zero-order chi connectivity index (χ0) is 18.1. The van der Waals surface area contributed by atoms with Crippen molar-refractivity contribution >= 4 is 17.5 Å². The smallest absolute Gasteiger partial charge is 0.255 e. The van der Waals surface area contributed by atoms with E-state index in [1.165, 1.54) is 30.6 Å². The number of amides is 1. The van der Waals surface area contributed by atoms with Crippen LogP contribution >= 0.6 is 0 Å². The minimum Gasteiger partial charge on any atom is -0.328 e. The number of hydrogen-bond acceptors (Lipinski definition) is 5. The van der Waals surface area contributed by atoms with Crippen molar-refractivity contribution < 1.29 is 9.18 Å². The predicted molar refractivity (Wildman–Crippen MR) is 93.8 cm³/mol. The number of fused-ring (bicyclic) bond motifs is 1. The molecule has 1 aliphatic rings. The van der Waals surface area contributed by atoms with E-state index in [4.69, 9.17) is 0 Å². The summed E-state index contributed by atoms with van der Waals surface area (Å²) in [5.74, 6) is -0.105. The van der Waals surface area contributed by atoms with Crippen LogP contribution in [0, 0.1) is 5.82 Å². The van der Waals surface area contributed by atoms with Crippen molar-refractivity contribution in [1.82, 2.24) is 19.7 Å². The maximum Gasteiger partial charge on any atom is 0.255 e. The summed E-state index contributed by atoms with van der Waals surface area (Å²) in [4.78, 5) is 21.2. The molecule has 3 heterocycles. The zero-order valence-electron chi connectivity index (χ0n) is 13.8. The number of nitrogens with zero attached hydrogens (tertiary/aromatic N) is 4. The van der Waals surface area contributed by atoms with Crippen molar-refractivity contribution in [3.05, 3.63) is 77.8 Å². The van der Waals surface area contributed by atoms with Gasteiger partial charge in [0.1, 0.15) is 18.2 Å².